The van der Waals surface area contributed by atoms with Crippen LogP contribution < -0.4 is 0 Å². The highest BCUT2D eigenvalue weighted by molar-refractivity contribution is 7.84. The molecule has 3 heteroatoms. The first-order chi connectivity index (χ1) is 8.15. The molecule has 2 aromatic carbocycles. The zero-order valence-corrected chi connectivity index (χ0v) is 11.1. The third kappa shape index (κ3) is 3.42. The quantitative estimate of drug-likeness (QED) is 0.820. The monoisotopic (exact) mass is 264 g/mol. The largest absolute Gasteiger partial charge is 0.254 e. The van der Waals surface area contributed by atoms with Crippen molar-refractivity contribution < 1.29 is 4.21 Å². The van der Waals surface area contributed by atoms with Crippen molar-refractivity contribution >= 4 is 22.4 Å². The third-order valence-corrected chi connectivity index (χ3v) is 4.10. The van der Waals surface area contributed by atoms with E-state index in [1.54, 1.807) is 12.1 Å². The van der Waals surface area contributed by atoms with E-state index in [1.165, 1.54) is 5.56 Å². The Morgan fingerprint density at radius 2 is 1.82 bits per heavy atom. The first-order valence-electron chi connectivity index (χ1n) is 5.34. The number of rotatable bonds is 3. The van der Waals surface area contributed by atoms with Crippen molar-refractivity contribution in [2.75, 3.05) is 0 Å². The highest BCUT2D eigenvalue weighted by atomic mass is 35.5. The van der Waals surface area contributed by atoms with E-state index in [2.05, 4.69) is 6.07 Å². The molecule has 0 amide bonds. The molecule has 0 spiro atoms. The molecule has 0 aliphatic heterocycles. The van der Waals surface area contributed by atoms with E-state index >= 15 is 0 Å². The van der Waals surface area contributed by atoms with Crippen LogP contribution in [0.25, 0.3) is 0 Å². The molecule has 0 N–H and O–H groups in total. The molecule has 0 saturated carbocycles. The van der Waals surface area contributed by atoms with Gasteiger partial charge in [0.05, 0.1) is 16.6 Å². The van der Waals surface area contributed by atoms with Crippen LogP contribution in [-0.4, -0.2) is 4.21 Å². The average Bonchev–Trinajstić information content (AvgIpc) is 2.29. The van der Waals surface area contributed by atoms with Gasteiger partial charge in [-0.15, -0.1) is 0 Å². The molecule has 1 unspecified atom stereocenters. The third-order valence-electron chi connectivity index (χ3n) is 2.46. The van der Waals surface area contributed by atoms with Crippen molar-refractivity contribution in [1.29, 1.82) is 0 Å². The standard InChI is InChI=1S/C14H13ClOS/c1-11-3-2-4-12(9-11)10-17(16)14-7-5-13(15)6-8-14/h2-9H,10H2,1H3. The zero-order valence-electron chi connectivity index (χ0n) is 9.52. The Balaban J connectivity index is 2.14. The Bertz CT molecular complexity index is 534. The second-order valence-corrected chi connectivity index (χ2v) is 5.82. The van der Waals surface area contributed by atoms with Crippen molar-refractivity contribution in [2.45, 2.75) is 17.6 Å². The van der Waals surface area contributed by atoms with E-state index in [-0.39, 0.29) is 0 Å². The molecule has 2 rings (SSSR count). The average molecular weight is 265 g/mol. The lowest BCUT2D eigenvalue weighted by molar-refractivity contribution is 0.682. The van der Waals surface area contributed by atoms with E-state index in [9.17, 15) is 4.21 Å². The summed E-state index contributed by atoms with van der Waals surface area (Å²) < 4.78 is 12.1. The van der Waals surface area contributed by atoms with Crippen LogP contribution >= 0.6 is 11.6 Å². The summed E-state index contributed by atoms with van der Waals surface area (Å²) in [6.07, 6.45) is 0. The van der Waals surface area contributed by atoms with Gasteiger partial charge in [-0.3, -0.25) is 4.21 Å². The maximum atomic E-state index is 12.1. The van der Waals surface area contributed by atoms with Crippen LogP contribution in [-0.2, 0) is 16.6 Å². The number of benzene rings is 2. The summed E-state index contributed by atoms with van der Waals surface area (Å²) in [7, 11) is -1.01. The maximum Gasteiger partial charge on any atom is 0.0574 e. The Hall–Kier alpha value is -1.12. The predicted molar refractivity (Wildman–Crippen MR) is 72.7 cm³/mol. The molecule has 0 radical (unpaired) electrons. The van der Waals surface area contributed by atoms with Crippen molar-refractivity contribution in [1.82, 2.24) is 0 Å². The maximum absolute atomic E-state index is 12.1. The lowest BCUT2D eigenvalue weighted by atomic mass is 10.2. The number of halogens is 1. The minimum atomic E-state index is -1.01. The minimum absolute atomic E-state index is 0.545. The Kier molecular flexibility index (Phi) is 3.97. The summed E-state index contributed by atoms with van der Waals surface area (Å²) in [5.41, 5.74) is 2.29. The Morgan fingerprint density at radius 3 is 2.47 bits per heavy atom. The lowest BCUT2D eigenvalue weighted by Crippen LogP contribution is -1.96. The minimum Gasteiger partial charge on any atom is -0.254 e. The van der Waals surface area contributed by atoms with Crippen LogP contribution in [0.5, 0.6) is 0 Å². The van der Waals surface area contributed by atoms with Crippen LogP contribution in [0, 0.1) is 6.92 Å². The molecule has 0 aliphatic rings. The van der Waals surface area contributed by atoms with Gasteiger partial charge < -0.3 is 0 Å². The molecule has 0 bridgehead atoms. The van der Waals surface area contributed by atoms with E-state index in [1.807, 2.05) is 37.3 Å². The molecule has 88 valence electrons. The molecule has 0 saturated heterocycles. The fraction of sp³-hybridized carbons (Fsp3) is 0.143. The smallest absolute Gasteiger partial charge is 0.0574 e. The second-order valence-electron chi connectivity index (χ2n) is 3.93. The van der Waals surface area contributed by atoms with Crippen molar-refractivity contribution in [3.63, 3.8) is 0 Å². The lowest BCUT2D eigenvalue weighted by Gasteiger charge is -2.03. The Labute approximate surface area is 109 Å². The number of aryl methyl sites for hydroxylation is 1. The predicted octanol–water partition coefficient (Wildman–Crippen LogP) is 3.96. The van der Waals surface area contributed by atoms with Crippen LogP contribution in [0.4, 0.5) is 0 Å². The van der Waals surface area contributed by atoms with Gasteiger partial charge in [-0.1, -0.05) is 41.4 Å². The first kappa shape index (κ1) is 12.3. The van der Waals surface area contributed by atoms with Gasteiger partial charge >= 0.3 is 0 Å². The molecule has 0 aliphatic carbocycles. The molecule has 1 atom stereocenters. The SMILES string of the molecule is Cc1cccc(CS(=O)c2ccc(Cl)cc2)c1. The van der Waals surface area contributed by atoms with Gasteiger partial charge in [-0.25, -0.2) is 0 Å². The van der Waals surface area contributed by atoms with E-state index in [4.69, 9.17) is 11.6 Å². The first-order valence-corrected chi connectivity index (χ1v) is 7.04. The van der Waals surface area contributed by atoms with Crippen LogP contribution in [0.3, 0.4) is 0 Å². The van der Waals surface area contributed by atoms with Gasteiger partial charge in [0.1, 0.15) is 0 Å². The van der Waals surface area contributed by atoms with Crippen molar-refractivity contribution in [2.24, 2.45) is 0 Å². The normalized spacial score (nSPS) is 12.4. The summed E-state index contributed by atoms with van der Waals surface area (Å²) >= 11 is 5.80. The molecule has 17 heavy (non-hydrogen) atoms. The highest BCUT2D eigenvalue weighted by Gasteiger charge is 2.05. The summed E-state index contributed by atoms with van der Waals surface area (Å²) in [5, 5.41) is 0.668. The van der Waals surface area contributed by atoms with Gasteiger partial charge in [-0.05, 0) is 36.8 Å². The zero-order chi connectivity index (χ0) is 12.3. The molecule has 0 heterocycles. The second kappa shape index (κ2) is 5.48. The summed E-state index contributed by atoms with van der Waals surface area (Å²) in [5.74, 6) is 0.545. The molecular weight excluding hydrogens is 252 g/mol. The molecular formula is C14H13ClOS. The Morgan fingerprint density at radius 1 is 1.12 bits per heavy atom. The topological polar surface area (TPSA) is 17.1 Å². The van der Waals surface area contributed by atoms with Crippen LogP contribution in [0.15, 0.2) is 53.4 Å². The van der Waals surface area contributed by atoms with E-state index < -0.39 is 10.8 Å². The molecule has 0 fully saturated rings. The van der Waals surface area contributed by atoms with Gasteiger partial charge in [0.25, 0.3) is 0 Å². The fourth-order valence-corrected chi connectivity index (χ4v) is 2.84. The van der Waals surface area contributed by atoms with Crippen LogP contribution in [0.2, 0.25) is 5.02 Å². The summed E-state index contributed by atoms with van der Waals surface area (Å²) in [6.45, 7) is 2.04. The van der Waals surface area contributed by atoms with Gasteiger partial charge in [-0.2, -0.15) is 0 Å². The van der Waals surface area contributed by atoms with Gasteiger partial charge in [0.15, 0.2) is 0 Å². The number of hydrogen-bond donors (Lipinski definition) is 0. The van der Waals surface area contributed by atoms with Gasteiger partial charge in [0.2, 0.25) is 0 Å². The molecule has 0 aromatic heterocycles. The van der Waals surface area contributed by atoms with Crippen LogP contribution in [0.1, 0.15) is 11.1 Å². The van der Waals surface area contributed by atoms with Crippen molar-refractivity contribution in [3.05, 3.63) is 64.7 Å². The van der Waals surface area contributed by atoms with Crippen molar-refractivity contribution in [3.8, 4) is 0 Å². The van der Waals surface area contributed by atoms with Gasteiger partial charge in [0, 0.05) is 9.92 Å². The highest BCUT2D eigenvalue weighted by Crippen LogP contribution is 2.16. The summed E-state index contributed by atoms with van der Waals surface area (Å²) in [4.78, 5) is 0.816. The number of hydrogen-bond acceptors (Lipinski definition) is 1. The van der Waals surface area contributed by atoms with E-state index in [0.717, 1.165) is 10.5 Å². The molecule has 1 nitrogen and oxygen atoms in total. The fourth-order valence-electron chi connectivity index (χ4n) is 1.62. The summed E-state index contributed by atoms with van der Waals surface area (Å²) in [6, 6.07) is 15.3. The molecule has 2 aromatic rings. The van der Waals surface area contributed by atoms with E-state index in [0.29, 0.717) is 10.8 Å².